The normalized spacial score (nSPS) is 37.2. The van der Waals surface area contributed by atoms with Crippen LogP contribution in [0, 0.1) is 11.8 Å². The Labute approximate surface area is 96.9 Å². The van der Waals surface area contributed by atoms with Crippen molar-refractivity contribution in [3.8, 4) is 0 Å². The Balaban J connectivity index is 2.14. The van der Waals surface area contributed by atoms with Crippen LogP contribution >= 0.6 is 0 Å². The van der Waals surface area contributed by atoms with Gasteiger partial charge in [-0.25, -0.2) is 0 Å². The molecule has 2 aliphatic carbocycles. The molecule has 3 nitrogen and oxygen atoms in total. The Kier molecular flexibility index (Phi) is 3.53. The minimum atomic E-state index is -0.912. The monoisotopic (exact) mass is 226 g/mol. The molecule has 2 unspecified atom stereocenters. The van der Waals surface area contributed by atoms with Crippen molar-refractivity contribution in [1.29, 1.82) is 0 Å². The molecule has 0 aromatic carbocycles. The molecule has 0 heterocycles. The van der Waals surface area contributed by atoms with Gasteiger partial charge < -0.3 is 10.2 Å². The largest absolute Gasteiger partial charge is 0.481 e. The first-order valence-corrected chi connectivity index (χ1v) is 6.60. The van der Waals surface area contributed by atoms with Crippen molar-refractivity contribution in [3.05, 3.63) is 0 Å². The summed E-state index contributed by atoms with van der Waals surface area (Å²) in [5, 5.41) is 20.0. The van der Waals surface area contributed by atoms with Crippen LogP contribution in [0.2, 0.25) is 0 Å². The molecular formula is C13H22O3. The number of carboxylic acids is 1. The number of rotatable bonds is 2. The molecule has 0 aromatic rings. The molecule has 2 N–H and O–H groups in total. The van der Waals surface area contributed by atoms with Gasteiger partial charge in [-0.05, 0) is 31.6 Å². The fourth-order valence-corrected chi connectivity index (χ4v) is 3.61. The molecular weight excluding hydrogens is 204 g/mol. The van der Waals surface area contributed by atoms with Gasteiger partial charge in [-0.15, -0.1) is 0 Å². The molecule has 0 bridgehead atoms. The molecule has 2 rings (SSSR count). The van der Waals surface area contributed by atoms with Crippen LogP contribution in [0.5, 0.6) is 0 Å². The van der Waals surface area contributed by atoms with Gasteiger partial charge in [0.15, 0.2) is 0 Å². The summed E-state index contributed by atoms with van der Waals surface area (Å²) >= 11 is 0. The first-order valence-electron chi connectivity index (χ1n) is 6.60. The second-order valence-corrected chi connectivity index (χ2v) is 5.46. The van der Waals surface area contributed by atoms with E-state index in [1.54, 1.807) is 0 Å². The summed E-state index contributed by atoms with van der Waals surface area (Å²) < 4.78 is 0. The molecule has 2 atom stereocenters. The average Bonchev–Trinajstić information content (AvgIpc) is 2.30. The lowest BCUT2D eigenvalue weighted by molar-refractivity contribution is -0.165. The Morgan fingerprint density at radius 2 is 1.62 bits per heavy atom. The molecule has 2 saturated carbocycles. The maximum atomic E-state index is 11.3. The highest BCUT2D eigenvalue weighted by molar-refractivity contribution is 5.71. The van der Waals surface area contributed by atoms with Crippen LogP contribution in [0.4, 0.5) is 0 Å². The van der Waals surface area contributed by atoms with Gasteiger partial charge in [-0.1, -0.05) is 32.1 Å². The van der Waals surface area contributed by atoms with Crippen LogP contribution < -0.4 is 0 Å². The lowest BCUT2D eigenvalue weighted by Gasteiger charge is -2.45. The first-order chi connectivity index (χ1) is 7.64. The zero-order chi connectivity index (χ0) is 11.6. The quantitative estimate of drug-likeness (QED) is 0.760. The van der Waals surface area contributed by atoms with Gasteiger partial charge in [0.25, 0.3) is 0 Å². The Morgan fingerprint density at radius 1 is 1.00 bits per heavy atom. The summed E-state index contributed by atoms with van der Waals surface area (Å²) in [7, 11) is 0. The SMILES string of the molecule is O=C(O)C1CCCCC1(O)C1CCCCC1. The van der Waals surface area contributed by atoms with Gasteiger partial charge in [-0.2, -0.15) is 0 Å². The lowest BCUT2D eigenvalue weighted by Crippen LogP contribution is -2.51. The number of carbonyl (C=O) groups is 1. The Bertz CT molecular complexity index is 258. The van der Waals surface area contributed by atoms with Crippen LogP contribution in [0.3, 0.4) is 0 Å². The van der Waals surface area contributed by atoms with Gasteiger partial charge in [0, 0.05) is 0 Å². The summed E-state index contributed by atoms with van der Waals surface area (Å²) in [6.45, 7) is 0. The number of hydrogen-bond donors (Lipinski definition) is 2. The third-order valence-electron chi connectivity index (χ3n) is 4.53. The summed E-state index contributed by atoms with van der Waals surface area (Å²) in [6, 6.07) is 0. The maximum absolute atomic E-state index is 11.3. The van der Waals surface area contributed by atoms with Crippen LogP contribution in [-0.4, -0.2) is 21.8 Å². The third-order valence-corrected chi connectivity index (χ3v) is 4.53. The minimum absolute atomic E-state index is 0.225. The molecule has 2 fully saturated rings. The Morgan fingerprint density at radius 3 is 2.25 bits per heavy atom. The van der Waals surface area contributed by atoms with Crippen molar-refractivity contribution in [1.82, 2.24) is 0 Å². The predicted molar refractivity (Wildman–Crippen MR) is 61.1 cm³/mol. The highest BCUT2D eigenvalue weighted by Gasteiger charge is 2.48. The van der Waals surface area contributed by atoms with Crippen molar-refractivity contribution in [2.75, 3.05) is 0 Å². The van der Waals surface area contributed by atoms with Crippen LogP contribution in [0.25, 0.3) is 0 Å². The topological polar surface area (TPSA) is 57.5 Å². The van der Waals surface area contributed by atoms with E-state index in [1.807, 2.05) is 0 Å². The molecule has 0 saturated heterocycles. The highest BCUT2D eigenvalue weighted by atomic mass is 16.4. The summed E-state index contributed by atoms with van der Waals surface area (Å²) in [4.78, 5) is 11.3. The van der Waals surface area contributed by atoms with Crippen LogP contribution in [-0.2, 0) is 4.79 Å². The van der Waals surface area contributed by atoms with Crippen LogP contribution in [0.15, 0.2) is 0 Å². The van der Waals surface area contributed by atoms with Crippen molar-refractivity contribution < 1.29 is 15.0 Å². The number of hydrogen-bond acceptors (Lipinski definition) is 2. The van der Waals surface area contributed by atoms with Gasteiger partial charge in [0.2, 0.25) is 0 Å². The molecule has 3 heteroatoms. The number of aliphatic carboxylic acids is 1. The molecule has 0 aliphatic heterocycles. The third kappa shape index (κ3) is 2.10. The first kappa shape index (κ1) is 11.9. The van der Waals surface area contributed by atoms with Gasteiger partial charge in [0.05, 0.1) is 11.5 Å². The average molecular weight is 226 g/mol. The highest BCUT2D eigenvalue weighted by Crippen LogP contribution is 2.44. The Hall–Kier alpha value is -0.570. The van der Waals surface area contributed by atoms with Gasteiger partial charge in [-0.3, -0.25) is 4.79 Å². The van der Waals surface area contributed by atoms with Gasteiger partial charge >= 0.3 is 5.97 Å². The van der Waals surface area contributed by atoms with Crippen molar-refractivity contribution in [3.63, 3.8) is 0 Å². The molecule has 16 heavy (non-hydrogen) atoms. The van der Waals surface area contributed by atoms with E-state index in [4.69, 9.17) is 0 Å². The van der Waals surface area contributed by atoms with E-state index in [0.717, 1.165) is 38.5 Å². The van der Waals surface area contributed by atoms with Gasteiger partial charge in [0.1, 0.15) is 0 Å². The second kappa shape index (κ2) is 4.74. The molecule has 92 valence electrons. The van der Waals surface area contributed by atoms with Crippen molar-refractivity contribution >= 4 is 5.97 Å². The molecule has 2 aliphatic rings. The number of carboxylic acid groups (broad SMARTS) is 1. The zero-order valence-electron chi connectivity index (χ0n) is 9.82. The number of aliphatic hydroxyl groups is 1. The summed E-state index contributed by atoms with van der Waals surface area (Å²) in [5.41, 5.74) is -0.912. The van der Waals surface area contributed by atoms with E-state index < -0.39 is 17.5 Å². The van der Waals surface area contributed by atoms with E-state index >= 15 is 0 Å². The molecule has 0 aromatic heterocycles. The summed E-state index contributed by atoms with van der Waals surface area (Å²) in [5.74, 6) is -1.10. The van der Waals surface area contributed by atoms with E-state index in [0.29, 0.717) is 12.8 Å². The molecule has 0 spiro atoms. The zero-order valence-corrected chi connectivity index (χ0v) is 9.82. The van der Waals surface area contributed by atoms with Crippen molar-refractivity contribution in [2.45, 2.75) is 63.4 Å². The fraction of sp³-hybridized carbons (Fsp3) is 0.923. The second-order valence-electron chi connectivity index (χ2n) is 5.46. The standard InChI is InChI=1S/C13H22O3/c14-12(15)11-8-4-5-9-13(11,16)10-6-2-1-3-7-10/h10-11,16H,1-9H2,(H,14,15). The lowest BCUT2D eigenvalue weighted by atomic mass is 9.64. The fourth-order valence-electron chi connectivity index (χ4n) is 3.61. The maximum Gasteiger partial charge on any atom is 0.309 e. The summed E-state index contributed by atoms with van der Waals surface area (Å²) in [6.07, 6.45) is 8.85. The van der Waals surface area contributed by atoms with Crippen LogP contribution in [0.1, 0.15) is 57.8 Å². The molecule has 0 radical (unpaired) electrons. The van der Waals surface area contributed by atoms with E-state index in [-0.39, 0.29) is 5.92 Å². The predicted octanol–water partition coefficient (Wildman–Crippen LogP) is 2.57. The van der Waals surface area contributed by atoms with Crippen molar-refractivity contribution in [2.24, 2.45) is 11.8 Å². The van der Waals surface area contributed by atoms with E-state index in [9.17, 15) is 15.0 Å². The molecule has 0 amide bonds. The minimum Gasteiger partial charge on any atom is -0.481 e. The van der Waals surface area contributed by atoms with E-state index in [2.05, 4.69) is 0 Å². The smallest absolute Gasteiger partial charge is 0.309 e. The van der Waals surface area contributed by atoms with E-state index in [1.165, 1.54) is 6.42 Å².